The first-order valence-corrected chi connectivity index (χ1v) is 4.24. The predicted octanol–water partition coefficient (Wildman–Crippen LogP) is 1.52. The highest BCUT2D eigenvalue weighted by Crippen LogP contribution is 2.14. The Kier molecular flexibility index (Phi) is 1.49. The van der Waals surface area contributed by atoms with Crippen molar-refractivity contribution >= 4 is 34.1 Å². The van der Waals surface area contributed by atoms with Crippen LogP contribution in [-0.2, 0) is 0 Å². The van der Waals surface area contributed by atoms with Gasteiger partial charge in [-0.15, -0.1) is 0 Å². The number of nitrogens with zero attached hydrogens (tertiary/aromatic N) is 2. The molecule has 2 aromatic heterocycles. The molecule has 0 saturated heterocycles. The van der Waals surface area contributed by atoms with E-state index in [2.05, 4.69) is 27.6 Å². The van der Waals surface area contributed by atoms with Crippen LogP contribution in [0, 0.1) is 3.57 Å². The molecule has 0 radical (unpaired) electrons. The number of nitrogens with two attached hydrogens (primary N) is 1. The van der Waals surface area contributed by atoms with Gasteiger partial charge in [-0.1, -0.05) is 0 Å². The van der Waals surface area contributed by atoms with Gasteiger partial charge in [0, 0.05) is 12.4 Å². The maximum atomic E-state index is 5.62. The monoisotopic (exact) mass is 259 g/mol. The molecule has 56 valence electrons. The fraction of sp³-hybridized carbons (Fsp3) is 0. The molecule has 0 atom stereocenters. The van der Waals surface area contributed by atoms with Crippen molar-refractivity contribution in [1.29, 1.82) is 0 Å². The van der Waals surface area contributed by atoms with E-state index in [0.29, 0.717) is 5.95 Å². The standard InChI is InChI=1S/C7H6IN3/c8-5-4-10-7(9)11-3-1-2-6(5)11/h1-4H,(H2,9,10). The van der Waals surface area contributed by atoms with Gasteiger partial charge >= 0.3 is 0 Å². The highest BCUT2D eigenvalue weighted by Gasteiger charge is 1.99. The van der Waals surface area contributed by atoms with Crippen LogP contribution in [0.3, 0.4) is 0 Å². The Labute approximate surface area is 77.4 Å². The molecular weight excluding hydrogens is 253 g/mol. The van der Waals surface area contributed by atoms with Crippen LogP contribution in [0.5, 0.6) is 0 Å². The zero-order valence-electron chi connectivity index (χ0n) is 5.66. The van der Waals surface area contributed by atoms with Crippen LogP contribution in [0.2, 0.25) is 0 Å². The lowest BCUT2D eigenvalue weighted by molar-refractivity contribution is 1.11. The van der Waals surface area contributed by atoms with E-state index < -0.39 is 0 Å². The quantitative estimate of drug-likeness (QED) is 0.729. The minimum absolute atomic E-state index is 0.533. The first-order valence-electron chi connectivity index (χ1n) is 3.16. The summed E-state index contributed by atoms with van der Waals surface area (Å²) in [6.07, 6.45) is 3.67. The fourth-order valence-electron chi connectivity index (χ4n) is 1.03. The van der Waals surface area contributed by atoms with Crippen LogP contribution in [0.25, 0.3) is 5.52 Å². The first kappa shape index (κ1) is 6.90. The second kappa shape index (κ2) is 2.37. The number of nitrogen functional groups attached to an aromatic ring is 1. The van der Waals surface area contributed by atoms with Gasteiger partial charge in [-0.25, -0.2) is 4.98 Å². The van der Waals surface area contributed by atoms with E-state index in [-0.39, 0.29) is 0 Å². The third-order valence-electron chi connectivity index (χ3n) is 1.55. The summed E-state index contributed by atoms with van der Waals surface area (Å²) in [5, 5.41) is 0. The summed E-state index contributed by atoms with van der Waals surface area (Å²) in [4.78, 5) is 4.01. The minimum Gasteiger partial charge on any atom is -0.369 e. The SMILES string of the molecule is Nc1ncc(I)c2cccn12. The van der Waals surface area contributed by atoms with Gasteiger partial charge in [0.05, 0.1) is 9.09 Å². The summed E-state index contributed by atoms with van der Waals surface area (Å²) in [7, 11) is 0. The Balaban J connectivity index is 2.96. The Morgan fingerprint density at radius 2 is 2.36 bits per heavy atom. The average molecular weight is 259 g/mol. The molecule has 0 aromatic carbocycles. The summed E-state index contributed by atoms with van der Waals surface area (Å²) in [6.45, 7) is 0. The number of anilines is 1. The van der Waals surface area contributed by atoms with Gasteiger partial charge in [0.2, 0.25) is 5.95 Å². The van der Waals surface area contributed by atoms with Crippen molar-refractivity contribution < 1.29 is 0 Å². The van der Waals surface area contributed by atoms with E-state index in [1.165, 1.54) is 0 Å². The molecule has 0 spiro atoms. The van der Waals surface area contributed by atoms with Crippen molar-refractivity contribution in [3.05, 3.63) is 28.1 Å². The zero-order valence-corrected chi connectivity index (χ0v) is 7.82. The van der Waals surface area contributed by atoms with Crippen LogP contribution >= 0.6 is 22.6 Å². The van der Waals surface area contributed by atoms with Crippen molar-refractivity contribution in [3.63, 3.8) is 0 Å². The summed E-state index contributed by atoms with van der Waals surface area (Å²) < 4.78 is 2.98. The molecule has 0 amide bonds. The summed E-state index contributed by atoms with van der Waals surface area (Å²) in [6, 6.07) is 3.97. The smallest absolute Gasteiger partial charge is 0.204 e. The Morgan fingerprint density at radius 1 is 1.55 bits per heavy atom. The van der Waals surface area contributed by atoms with E-state index in [4.69, 9.17) is 5.73 Å². The van der Waals surface area contributed by atoms with Crippen LogP contribution < -0.4 is 5.73 Å². The highest BCUT2D eigenvalue weighted by molar-refractivity contribution is 14.1. The summed E-state index contributed by atoms with van der Waals surface area (Å²) >= 11 is 2.23. The fourth-order valence-corrected chi connectivity index (χ4v) is 1.61. The van der Waals surface area contributed by atoms with Crippen molar-refractivity contribution in [1.82, 2.24) is 9.38 Å². The number of halogens is 1. The highest BCUT2D eigenvalue weighted by atomic mass is 127. The zero-order chi connectivity index (χ0) is 7.84. The molecule has 0 saturated carbocycles. The van der Waals surface area contributed by atoms with Crippen LogP contribution in [0.15, 0.2) is 24.5 Å². The topological polar surface area (TPSA) is 43.3 Å². The number of hydrogen-bond acceptors (Lipinski definition) is 2. The van der Waals surface area contributed by atoms with Gasteiger partial charge in [-0.3, -0.25) is 4.40 Å². The number of aromatic nitrogens is 2. The molecule has 0 aliphatic carbocycles. The minimum atomic E-state index is 0.533. The van der Waals surface area contributed by atoms with Gasteiger partial charge in [0.1, 0.15) is 0 Å². The normalized spacial score (nSPS) is 10.6. The Hall–Kier alpha value is -0.780. The summed E-state index contributed by atoms with van der Waals surface area (Å²) in [5.74, 6) is 0.533. The maximum absolute atomic E-state index is 5.62. The molecule has 0 fully saturated rings. The van der Waals surface area contributed by atoms with E-state index in [1.807, 2.05) is 22.7 Å². The third kappa shape index (κ3) is 0.973. The Bertz CT molecular complexity index is 357. The molecule has 2 heterocycles. The van der Waals surface area contributed by atoms with Crippen LogP contribution in [0.4, 0.5) is 5.95 Å². The van der Waals surface area contributed by atoms with Crippen LogP contribution in [-0.4, -0.2) is 9.38 Å². The Morgan fingerprint density at radius 3 is 3.09 bits per heavy atom. The molecule has 0 unspecified atom stereocenters. The molecule has 3 nitrogen and oxygen atoms in total. The van der Waals surface area contributed by atoms with E-state index in [9.17, 15) is 0 Å². The first-order chi connectivity index (χ1) is 5.29. The molecule has 2 aromatic rings. The second-order valence-corrected chi connectivity index (χ2v) is 3.39. The molecule has 2 rings (SSSR count). The number of hydrogen-bond donors (Lipinski definition) is 1. The van der Waals surface area contributed by atoms with Gasteiger partial charge in [-0.2, -0.15) is 0 Å². The van der Waals surface area contributed by atoms with Crippen molar-refractivity contribution in [3.8, 4) is 0 Å². The largest absolute Gasteiger partial charge is 0.369 e. The van der Waals surface area contributed by atoms with Crippen molar-refractivity contribution in [2.45, 2.75) is 0 Å². The molecular formula is C7H6IN3. The van der Waals surface area contributed by atoms with Gasteiger partial charge in [0.25, 0.3) is 0 Å². The molecule has 0 aliphatic heterocycles. The molecule has 2 N–H and O–H groups in total. The molecule has 0 bridgehead atoms. The maximum Gasteiger partial charge on any atom is 0.204 e. The van der Waals surface area contributed by atoms with Crippen molar-refractivity contribution in [2.24, 2.45) is 0 Å². The predicted molar refractivity (Wildman–Crippen MR) is 52.3 cm³/mol. The lowest BCUT2D eigenvalue weighted by Crippen LogP contribution is -1.99. The van der Waals surface area contributed by atoms with E-state index in [0.717, 1.165) is 9.09 Å². The second-order valence-electron chi connectivity index (χ2n) is 2.23. The average Bonchev–Trinajstić information content (AvgIpc) is 2.45. The molecule has 0 aliphatic rings. The third-order valence-corrected chi connectivity index (χ3v) is 2.38. The summed E-state index contributed by atoms with van der Waals surface area (Å²) in [5.41, 5.74) is 6.73. The van der Waals surface area contributed by atoms with Crippen LogP contribution in [0.1, 0.15) is 0 Å². The van der Waals surface area contributed by atoms with E-state index >= 15 is 0 Å². The molecule has 11 heavy (non-hydrogen) atoms. The van der Waals surface area contributed by atoms with Crippen molar-refractivity contribution in [2.75, 3.05) is 5.73 Å². The van der Waals surface area contributed by atoms with Gasteiger partial charge < -0.3 is 5.73 Å². The lowest BCUT2D eigenvalue weighted by Gasteiger charge is -1.99. The lowest BCUT2D eigenvalue weighted by atomic mass is 10.5. The molecule has 4 heteroatoms. The van der Waals surface area contributed by atoms with Gasteiger partial charge in [0.15, 0.2) is 0 Å². The number of rotatable bonds is 0. The van der Waals surface area contributed by atoms with E-state index in [1.54, 1.807) is 6.20 Å². The van der Waals surface area contributed by atoms with Gasteiger partial charge in [-0.05, 0) is 34.7 Å². The number of fused-ring (bicyclic) bond motifs is 1.